The highest BCUT2D eigenvalue weighted by Crippen LogP contribution is 2.40. The number of nitrogens with zero attached hydrogens (tertiary/aromatic N) is 1. The lowest BCUT2D eigenvalue weighted by atomic mass is 10.1. The van der Waals surface area contributed by atoms with E-state index in [0.717, 1.165) is 6.07 Å². The molecule has 0 unspecified atom stereocenters. The Balaban J connectivity index is 1.74. The van der Waals surface area contributed by atoms with Gasteiger partial charge in [-0.3, -0.25) is 14.9 Å². The average Bonchev–Trinajstić information content (AvgIpc) is 3.31. The molecule has 0 aliphatic heterocycles. The number of carbonyl (C=O) groups excluding carboxylic acids is 1. The van der Waals surface area contributed by atoms with Gasteiger partial charge in [0.15, 0.2) is 0 Å². The van der Waals surface area contributed by atoms with Gasteiger partial charge in [-0.15, -0.1) is 0 Å². The van der Waals surface area contributed by atoms with Crippen LogP contribution in [0.3, 0.4) is 0 Å². The van der Waals surface area contributed by atoms with E-state index in [1.165, 1.54) is 44.6 Å². The van der Waals surface area contributed by atoms with Crippen LogP contribution in [0.5, 0.6) is 11.5 Å². The van der Waals surface area contributed by atoms with Crippen LogP contribution in [0, 0.1) is 10.1 Å². The zero-order valence-corrected chi connectivity index (χ0v) is 20.4. The van der Waals surface area contributed by atoms with E-state index in [9.17, 15) is 23.3 Å². The molecule has 1 heterocycles. The van der Waals surface area contributed by atoms with Gasteiger partial charge in [0, 0.05) is 23.2 Å². The smallest absolute Gasteiger partial charge is 0.294 e. The number of aromatic nitrogens is 1. The Labute approximate surface area is 210 Å². The fourth-order valence-corrected chi connectivity index (χ4v) is 4.69. The lowest BCUT2D eigenvalue weighted by Gasteiger charge is -2.11. The number of hydrogen-bond acceptors (Lipinski definition) is 8. The van der Waals surface area contributed by atoms with Gasteiger partial charge in [-0.2, -0.15) is 0 Å². The summed E-state index contributed by atoms with van der Waals surface area (Å²) in [4.78, 5) is 26.3. The molecule has 1 aromatic heterocycles. The first-order valence-corrected chi connectivity index (χ1v) is 12.1. The van der Waals surface area contributed by atoms with Gasteiger partial charge in [-0.05, 0) is 42.5 Å². The number of anilines is 2. The molecule has 4 rings (SSSR count). The molecule has 0 radical (unpaired) electrons. The first kappa shape index (κ1) is 24.8. The fourth-order valence-electron chi connectivity index (χ4n) is 3.48. The number of rotatable bonds is 8. The quantitative estimate of drug-likeness (QED) is 0.220. The molecule has 13 heteroatoms. The van der Waals surface area contributed by atoms with Crippen LogP contribution < -0.4 is 19.5 Å². The van der Waals surface area contributed by atoms with E-state index in [2.05, 4.69) is 10.3 Å². The van der Waals surface area contributed by atoms with Crippen LogP contribution in [0.25, 0.3) is 10.9 Å². The molecular formula is C23H19ClN4O7S. The number of halogens is 1. The van der Waals surface area contributed by atoms with Crippen LogP contribution in [-0.4, -0.2) is 38.5 Å². The first-order valence-electron chi connectivity index (χ1n) is 10.2. The number of carbonyl (C=O) groups is 1. The second-order valence-corrected chi connectivity index (χ2v) is 9.54. The Kier molecular flexibility index (Phi) is 6.73. The minimum atomic E-state index is -4.24. The van der Waals surface area contributed by atoms with Crippen molar-refractivity contribution < 1.29 is 27.6 Å². The first-order chi connectivity index (χ1) is 17.1. The predicted molar refractivity (Wildman–Crippen MR) is 134 cm³/mol. The average molecular weight is 531 g/mol. The summed E-state index contributed by atoms with van der Waals surface area (Å²) in [6.45, 7) is 0. The Morgan fingerprint density at radius 2 is 1.72 bits per heavy atom. The summed E-state index contributed by atoms with van der Waals surface area (Å²) >= 11 is 6.36. The molecule has 0 aliphatic rings. The molecule has 0 fully saturated rings. The van der Waals surface area contributed by atoms with Crippen LogP contribution in [0.4, 0.5) is 17.1 Å². The standard InChI is InChI=1S/C23H19ClN4O7S/c1-34-14-6-8-16(9-7-14)36(32,33)27-23(29)19-11-17-21(25-13-4-3-5-15(10-13)35-2)18(24)12-20(28(30)31)22(17)26-19/h3-12,25-26H,1-2H3,(H,27,29). The second-order valence-electron chi connectivity index (χ2n) is 7.45. The lowest BCUT2D eigenvalue weighted by molar-refractivity contribution is -0.383. The number of fused-ring (bicyclic) bond motifs is 1. The van der Waals surface area contributed by atoms with Crippen molar-refractivity contribution >= 4 is 55.5 Å². The van der Waals surface area contributed by atoms with E-state index in [4.69, 9.17) is 21.1 Å². The van der Waals surface area contributed by atoms with E-state index < -0.39 is 20.9 Å². The molecule has 11 nitrogen and oxygen atoms in total. The SMILES string of the molecule is COc1ccc(S(=O)(=O)NC(=O)c2cc3c(Nc4cccc(OC)c4)c(Cl)cc([N+](=O)[O-])c3[nH]2)cc1. The maximum absolute atomic E-state index is 12.9. The second kappa shape index (κ2) is 9.76. The number of aromatic amines is 1. The third-order valence-electron chi connectivity index (χ3n) is 5.22. The van der Waals surface area contributed by atoms with Crippen LogP contribution >= 0.6 is 11.6 Å². The van der Waals surface area contributed by atoms with Gasteiger partial charge in [0.25, 0.3) is 21.6 Å². The zero-order chi connectivity index (χ0) is 26.0. The van der Waals surface area contributed by atoms with Gasteiger partial charge in [0.1, 0.15) is 22.7 Å². The number of benzene rings is 3. The van der Waals surface area contributed by atoms with Gasteiger partial charge in [0.2, 0.25) is 0 Å². The zero-order valence-electron chi connectivity index (χ0n) is 18.9. The molecule has 0 aliphatic carbocycles. The number of ether oxygens (including phenoxy) is 2. The Bertz CT molecular complexity index is 1580. The van der Waals surface area contributed by atoms with E-state index in [1.807, 2.05) is 4.72 Å². The molecular weight excluding hydrogens is 512 g/mol. The third-order valence-corrected chi connectivity index (χ3v) is 6.87. The number of non-ortho nitro benzene ring substituents is 1. The largest absolute Gasteiger partial charge is 0.497 e. The summed E-state index contributed by atoms with van der Waals surface area (Å²) in [6, 6.07) is 14.7. The minimum Gasteiger partial charge on any atom is -0.497 e. The van der Waals surface area contributed by atoms with Crippen molar-refractivity contribution in [3.63, 3.8) is 0 Å². The molecule has 4 aromatic rings. The predicted octanol–water partition coefficient (Wildman–Crippen LogP) is 4.61. The van der Waals surface area contributed by atoms with Gasteiger partial charge in [-0.25, -0.2) is 13.1 Å². The summed E-state index contributed by atoms with van der Waals surface area (Å²) < 4.78 is 37.5. The summed E-state index contributed by atoms with van der Waals surface area (Å²) in [7, 11) is -1.29. The molecule has 0 saturated heterocycles. The Morgan fingerprint density at radius 3 is 2.36 bits per heavy atom. The molecule has 0 spiro atoms. The van der Waals surface area contributed by atoms with Crippen molar-refractivity contribution in [2.24, 2.45) is 0 Å². The normalized spacial score (nSPS) is 11.2. The van der Waals surface area contributed by atoms with Crippen molar-refractivity contribution in [2.45, 2.75) is 4.90 Å². The number of amides is 1. The van der Waals surface area contributed by atoms with Crippen LogP contribution in [-0.2, 0) is 10.0 Å². The maximum Gasteiger partial charge on any atom is 0.294 e. The molecule has 0 atom stereocenters. The minimum absolute atomic E-state index is 0.0122. The number of nitrogens with one attached hydrogen (secondary N) is 3. The number of H-pyrrole nitrogens is 1. The van der Waals surface area contributed by atoms with Crippen LogP contribution in [0.15, 0.2) is 65.6 Å². The summed E-state index contributed by atoms with van der Waals surface area (Å²) in [6.07, 6.45) is 0. The molecule has 186 valence electrons. The van der Waals surface area contributed by atoms with Crippen molar-refractivity contribution in [1.82, 2.24) is 9.71 Å². The van der Waals surface area contributed by atoms with E-state index >= 15 is 0 Å². The maximum atomic E-state index is 12.9. The monoisotopic (exact) mass is 530 g/mol. The topological polar surface area (TPSA) is 153 Å². The number of methoxy groups -OCH3 is 2. The van der Waals surface area contributed by atoms with E-state index in [-0.39, 0.29) is 37.9 Å². The Morgan fingerprint density at radius 1 is 1.03 bits per heavy atom. The number of hydrogen-bond donors (Lipinski definition) is 3. The van der Waals surface area contributed by atoms with Gasteiger partial charge in [-0.1, -0.05) is 17.7 Å². The van der Waals surface area contributed by atoms with Crippen molar-refractivity contribution in [2.75, 3.05) is 19.5 Å². The number of nitro groups is 1. The molecule has 0 bridgehead atoms. The van der Waals surface area contributed by atoms with Crippen LogP contribution in [0.2, 0.25) is 5.02 Å². The van der Waals surface area contributed by atoms with E-state index in [1.54, 1.807) is 24.3 Å². The summed E-state index contributed by atoms with van der Waals surface area (Å²) in [5.74, 6) is -0.0110. The number of sulfonamides is 1. The van der Waals surface area contributed by atoms with Crippen molar-refractivity contribution in [1.29, 1.82) is 0 Å². The highest BCUT2D eigenvalue weighted by Gasteiger charge is 2.25. The van der Waals surface area contributed by atoms with E-state index in [0.29, 0.717) is 17.2 Å². The molecule has 3 N–H and O–H groups in total. The fraction of sp³-hybridized carbons (Fsp3) is 0.0870. The van der Waals surface area contributed by atoms with Gasteiger partial charge >= 0.3 is 0 Å². The lowest BCUT2D eigenvalue weighted by Crippen LogP contribution is -2.30. The Hall–Kier alpha value is -4.29. The highest BCUT2D eigenvalue weighted by atomic mass is 35.5. The third kappa shape index (κ3) is 4.90. The van der Waals surface area contributed by atoms with Crippen LogP contribution in [0.1, 0.15) is 10.5 Å². The number of nitro benzene ring substituents is 1. The highest BCUT2D eigenvalue weighted by molar-refractivity contribution is 7.90. The van der Waals surface area contributed by atoms with Gasteiger partial charge in [0.05, 0.1) is 34.7 Å². The van der Waals surface area contributed by atoms with Gasteiger partial charge < -0.3 is 19.8 Å². The summed E-state index contributed by atoms with van der Waals surface area (Å²) in [5.41, 5.74) is 0.228. The summed E-state index contributed by atoms with van der Waals surface area (Å²) in [5, 5.41) is 15.0. The molecule has 1 amide bonds. The molecule has 0 saturated carbocycles. The molecule has 3 aromatic carbocycles. The molecule has 36 heavy (non-hydrogen) atoms. The van der Waals surface area contributed by atoms with Crippen molar-refractivity contribution in [3.05, 3.63) is 81.5 Å². The van der Waals surface area contributed by atoms with Crippen molar-refractivity contribution in [3.8, 4) is 11.5 Å².